The average Bonchev–Trinajstić information content (AvgIpc) is 2.97. The van der Waals surface area contributed by atoms with Crippen molar-refractivity contribution < 1.29 is 14.3 Å². The SMILES string of the molecule is CC1(C)COc2ccc(C(=O)/C=C/c3cccs3)cc2OC1. The highest BCUT2D eigenvalue weighted by Gasteiger charge is 2.25. The summed E-state index contributed by atoms with van der Waals surface area (Å²) in [6.07, 6.45) is 3.42. The van der Waals surface area contributed by atoms with Gasteiger partial charge >= 0.3 is 0 Å². The fraction of sp³-hybridized carbons (Fsp3) is 0.278. The first-order valence-corrected chi connectivity index (χ1v) is 8.07. The molecule has 0 bridgehead atoms. The lowest BCUT2D eigenvalue weighted by Gasteiger charge is -2.19. The van der Waals surface area contributed by atoms with Crippen molar-refractivity contribution in [3.8, 4) is 11.5 Å². The standard InChI is InChI=1S/C18H18O3S/c1-18(2)11-20-16-8-5-13(10-17(16)21-12-18)15(19)7-6-14-4-3-9-22-14/h3-10H,11-12H2,1-2H3/b7-6+. The molecule has 0 saturated carbocycles. The molecule has 1 aromatic heterocycles. The molecule has 1 aliphatic heterocycles. The van der Waals surface area contributed by atoms with Crippen molar-refractivity contribution in [1.82, 2.24) is 0 Å². The molecule has 1 aliphatic rings. The first-order chi connectivity index (χ1) is 10.5. The van der Waals surface area contributed by atoms with Crippen LogP contribution in [0.25, 0.3) is 6.08 Å². The quantitative estimate of drug-likeness (QED) is 0.620. The number of rotatable bonds is 3. The van der Waals surface area contributed by atoms with Gasteiger partial charge in [-0.15, -0.1) is 11.3 Å². The number of hydrogen-bond donors (Lipinski definition) is 0. The van der Waals surface area contributed by atoms with Crippen LogP contribution in [0.1, 0.15) is 29.1 Å². The second-order valence-electron chi connectivity index (χ2n) is 6.12. The first kappa shape index (κ1) is 14.9. The van der Waals surface area contributed by atoms with Crippen LogP contribution in [0.4, 0.5) is 0 Å². The molecule has 0 radical (unpaired) electrons. The summed E-state index contributed by atoms with van der Waals surface area (Å²) in [5.41, 5.74) is 0.567. The van der Waals surface area contributed by atoms with Crippen molar-refractivity contribution in [1.29, 1.82) is 0 Å². The van der Waals surface area contributed by atoms with E-state index in [2.05, 4.69) is 13.8 Å². The fourth-order valence-electron chi connectivity index (χ4n) is 2.12. The summed E-state index contributed by atoms with van der Waals surface area (Å²) in [5, 5.41) is 1.99. The van der Waals surface area contributed by atoms with Crippen molar-refractivity contribution in [3.63, 3.8) is 0 Å². The minimum atomic E-state index is -0.0394. The highest BCUT2D eigenvalue weighted by molar-refractivity contribution is 7.10. The van der Waals surface area contributed by atoms with Crippen LogP contribution >= 0.6 is 11.3 Å². The maximum atomic E-state index is 12.3. The Hall–Kier alpha value is -2.07. The van der Waals surface area contributed by atoms with Crippen LogP contribution in [0.15, 0.2) is 41.8 Å². The molecule has 0 amide bonds. The molecule has 0 atom stereocenters. The molecule has 4 heteroatoms. The summed E-state index contributed by atoms with van der Waals surface area (Å²) in [4.78, 5) is 13.3. The van der Waals surface area contributed by atoms with E-state index in [1.807, 2.05) is 29.7 Å². The molecule has 2 aromatic rings. The van der Waals surface area contributed by atoms with Gasteiger partial charge in [0.2, 0.25) is 0 Å². The molecular weight excluding hydrogens is 296 g/mol. The molecule has 0 fully saturated rings. The summed E-state index contributed by atoms with van der Waals surface area (Å²) in [7, 11) is 0. The van der Waals surface area contributed by atoms with E-state index >= 15 is 0 Å². The summed E-state index contributed by atoms with van der Waals surface area (Å²) in [5.74, 6) is 1.30. The van der Waals surface area contributed by atoms with Crippen LogP contribution in [0.2, 0.25) is 0 Å². The van der Waals surface area contributed by atoms with Crippen molar-refractivity contribution in [2.24, 2.45) is 5.41 Å². The highest BCUT2D eigenvalue weighted by Crippen LogP contribution is 2.34. The van der Waals surface area contributed by atoms with Gasteiger partial charge in [-0.3, -0.25) is 4.79 Å². The number of carbonyl (C=O) groups excluding carboxylic acids is 1. The molecular formula is C18H18O3S. The van der Waals surface area contributed by atoms with Gasteiger partial charge in [0, 0.05) is 15.9 Å². The van der Waals surface area contributed by atoms with E-state index in [4.69, 9.17) is 9.47 Å². The Morgan fingerprint density at radius 3 is 2.68 bits per heavy atom. The Kier molecular flexibility index (Phi) is 4.03. The number of ether oxygens (including phenoxy) is 2. The monoisotopic (exact) mass is 314 g/mol. The molecule has 0 spiro atoms. The van der Waals surface area contributed by atoms with Gasteiger partial charge in [-0.25, -0.2) is 0 Å². The molecule has 0 aliphatic carbocycles. The van der Waals surface area contributed by atoms with Gasteiger partial charge in [0.05, 0.1) is 13.2 Å². The number of hydrogen-bond acceptors (Lipinski definition) is 4. The van der Waals surface area contributed by atoms with Crippen LogP contribution in [0.3, 0.4) is 0 Å². The van der Waals surface area contributed by atoms with Crippen molar-refractivity contribution in [3.05, 3.63) is 52.2 Å². The maximum absolute atomic E-state index is 12.3. The third-order valence-electron chi connectivity index (χ3n) is 3.41. The maximum Gasteiger partial charge on any atom is 0.186 e. The zero-order chi connectivity index (χ0) is 15.6. The average molecular weight is 314 g/mol. The van der Waals surface area contributed by atoms with Gasteiger partial charge in [0.15, 0.2) is 17.3 Å². The van der Waals surface area contributed by atoms with E-state index in [-0.39, 0.29) is 11.2 Å². The second kappa shape index (κ2) is 5.97. The molecule has 114 valence electrons. The molecule has 0 N–H and O–H groups in total. The molecule has 3 nitrogen and oxygen atoms in total. The molecule has 0 saturated heterocycles. The largest absolute Gasteiger partial charge is 0.489 e. The minimum Gasteiger partial charge on any atom is -0.489 e. The van der Waals surface area contributed by atoms with Gasteiger partial charge in [0.25, 0.3) is 0 Å². The van der Waals surface area contributed by atoms with Crippen molar-refractivity contribution in [2.45, 2.75) is 13.8 Å². The van der Waals surface area contributed by atoms with Gasteiger partial charge in [0.1, 0.15) is 0 Å². The van der Waals surface area contributed by atoms with E-state index in [9.17, 15) is 4.79 Å². The lowest BCUT2D eigenvalue weighted by molar-refractivity contribution is 0.104. The lowest BCUT2D eigenvalue weighted by Crippen LogP contribution is -2.26. The van der Waals surface area contributed by atoms with Gasteiger partial charge in [-0.1, -0.05) is 19.9 Å². The Bertz CT molecular complexity index is 699. The normalized spacial score (nSPS) is 16.5. The number of ketones is 1. The van der Waals surface area contributed by atoms with Crippen molar-refractivity contribution in [2.75, 3.05) is 13.2 Å². The van der Waals surface area contributed by atoms with Crippen molar-refractivity contribution >= 4 is 23.2 Å². The van der Waals surface area contributed by atoms with Crippen LogP contribution < -0.4 is 9.47 Å². The number of carbonyl (C=O) groups is 1. The molecule has 1 aromatic carbocycles. The number of allylic oxidation sites excluding steroid dienone is 1. The summed E-state index contributed by atoms with van der Waals surface area (Å²) in [6, 6.07) is 9.29. The number of benzene rings is 1. The molecule has 0 unspecified atom stereocenters. The highest BCUT2D eigenvalue weighted by atomic mass is 32.1. The summed E-state index contributed by atoms with van der Waals surface area (Å²) < 4.78 is 11.6. The summed E-state index contributed by atoms with van der Waals surface area (Å²) >= 11 is 1.60. The predicted molar refractivity (Wildman–Crippen MR) is 88.9 cm³/mol. The predicted octanol–water partition coefficient (Wildman–Crippen LogP) is 4.44. The number of fused-ring (bicyclic) bond motifs is 1. The van der Waals surface area contributed by atoms with E-state index in [0.29, 0.717) is 30.3 Å². The topological polar surface area (TPSA) is 35.5 Å². The minimum absolute atomic E-state index is 0.0386. The summed E-state index contributed by atoms with van der Waals surface area (Å²) in [6.45, 7) is 5.36. The third kappa shape index (κ3) is 3.39. The fourth-order valence-corrected chi connectivity index (χ4v) is 2.74. The van der Waals surface area contributed by atoms with Crippen LogP contribution in [0, 0.1) is 5.41 Å². The Labute approximate surface area is 134 Å². The van der Waals surface area contributed by atoms with Crippen LogP contribution in [-0.4, -0.2) is 19.0 Å². The van der Waals surface area contributed by atoms with E-state index in [1.54, 1.807) is 29.5 Å². The zero-order valence-electron chi connectivity index (χ0n) is 12.7. The second-order valence-corrected chi connectivity index (χ2v) is 7.10. The molecule has 22 heavy (non-hydrogen) atoms. The van der Waals surface area contributed by atoms with Crippen LogP contribution in [-0.2, 0) is 0 Å². The van der Waals surface area contributed by atoms with Crippen LogP contribution in [0.5, 0.6) is 11.5 Å². The van der Waals surface area contributed by atoms with E-state index < -0.39 is 0 Å². The van der Waals surface area contributed by atoms with E-state index in [0.717, 1.165) is 4.88 Å². The Balaban J connectivity index is 1.79. The molecule has 2 heterocycles. The Morgan fingerprint density at radius 2 is 1.95 bits per heavy atom. The Morgan fingerprint density at radius 1 is 1.18 bits per heavy atom. The van der Waals surface area contributed by atoms with E-state index in [1.165, 1.54) is 0 Å². The van der Waals surface area contributed by atoms with Gasteiger partial charge in [-0.05, 0) is 41.8 Å². The lowest BCUT2D eigenvalue weighted by atomic mass is 9.97. The first-order valence-electron chi connectivity index (χ1n) is 7.19. The third-order valence-corrected chi connectivity index (χ3v) is 4.24. The molecule has 3 rings (SSSR count). The van der Waals surface area contributed by atoms with Gasteiger partial charge in [-0.2, -0.15) is 0 Å². The zero-order valence-corrected chi connectivity index (χ0v) is 13.5. The number of thiophene rings is 1. The van der Waals surface area contributed by atoms with Gasteiger partial charge < -0.3 is 9.47 Å². The smallest absolute Gasteiger partial charge is 0.186 e.